The normalized spacial score (nSPS) is 11.9. The first kappa shape index (κ1) is 18.5. The number of amides is 2. The van der Waals surface area contributed by atoms with E-state index in [1.165, 1.54) is 12.1 Å². The second kappa shape index (κ2) is 7.83. The van der Waals surface area contributed by atoms with Crippen LogP contribution in [0.2, 0.25) is 0 Å². The van der Waals surface area contributed by atoms with E-state index >= 15 is 0 Å². The zero-order valence-corrected chi connectivity index (χ0v) is 13.6. The van der Waals surface area contributed by atoms with E-state index in [9.17, 15) is 22.8 Å². The molecule has 0 aliphatic heterocycles. The summed E-state index contributed by atoms with van der Waals surface area (Å²) < 4.78 is 39.5. The van der Waals surface area contributed by atoms with Gasteiger partial charge in [-0.15, -0.1) is 0 Å². The van der Waals surface area contributed by atoms with Gasteiger partial charge in [0, 0.05) is 11.6 Å². The van der Waals surface area contributed by atoms with Crippen LogP contribution in [0.3, 0.4) is 0 Å². The standard InChI is InChI=1S/C18H17F3N2O2/c1-10(2)16(23-17(24)11-3-5-12(19)6-4-11)18(25)22-15-8-7-13(20)9-14(15)21/h3-10,16H,1-2H3,(H,22,25)(H,23,24)/t16-/m0/s1. The maximum atomic E-state index is 13.7. The van der Waals surface area contributed by atoms with E-state index in [0.717, 1.165) is 24.3 Å². The minimum atomic E-state index is -0.956. The van der Waals surface area contributed by atoms with Crippen LogP contribution in [0.4, 0.5) is 18.9 Å². The van der Waals surface area contributed by atoms with Gasteiger partial charge in [0.2, 0.25) is 5.91 Å². The summed E-state index contributed by atoms with van der Waals surface area (Å²) in [4.78, 5) is 24.6. The molecule has 0 heterocycles. The number of rotatable bonds is 5. The van der Waals surface area contributed by atoms with Crippen LogP contribution >= 0.6 is 0 Å². The van der Waals surface area contributed by atoms with Gasteiger partial charge in [-0.3, -0.25) is 9.59 Å². The molecule has 7 heteroatoms. The van der Waals surface area contributed by atoms with Gasteiger partial charge in [0.05, 0.1) is 5.69 Å². The zero-order chi connectivity index (χ0) is 18.6. The number of halogens is 3. The molecule has 2 rings (SSSR count). The highest BCUT2D eigenvalue weighted by Gasteiger charge is 2.25. The Morgan fingerprint density at radius 2 is 1.52 bits per heavy atom. The minimum Gasteiger partial charge on any atom is -0.340 e. The van der Waals surface area contributed by atoms with E-state index in [0.29, 0.717) is 6.07 Å². The van der Waals surface area contributed by atoms with Crippen LogP contribution in [0.15, 0.2) is 42.5 Å². The summed E-state index contributed by atoms with van der Waals surface area (Å²) in [6.07, 6.45) is 0. The molecule has 0 bridgehead atoms. The zero-order valence-electron chi connectivity index (χ0n) is 13.6. The average Bonchev–Trinajstić information content (AvgIpc) is 2.55. The second-order valence-electron chi connectivity index (χ2n) is 5.82. The minimum absolute atomic E-state index is 0.187. The molecule has 2 aromatic rings. The molecule has 25 heavy (non-hydrogen) atoms. The SMILES string of the molecule is CC(C)[C@H](NC(=O)c1ccc(F)cc1)C(=O)Nc1ccc(F)cc1F. The van der Waals surface area contributed by atoms with Crippen molar-refractivity contribution in [3.05, 3.63) is 65.5 Å². The third-order valence-electron chi connectivity index (χ3n) is 3.53. The molecule has 1 atom stereocenters. The van der Waals surface area contributed by atoms with Crippen molar-refractivity contribution in [2.45, 2.75) is 19.9 Å². The molecule has 0 saturated heterocycles. The number of anilines is 1. The average molecular weight is 350 g/mol. The number of carbonyl (C=O) groups excluding carboxylic acids is 2. The number of carbonyl (C=O) groups is 2. The summed E-state index contributed by atoms with van der Waals surface area (Å²) in [5, 5.41) is 4.86. The Morgan fingerprint density at radius 3 is 2.08 bits per heavy atom. The first-order valence-corrected chi connectivity index (χ1v) is 7.60. The van der Waals surface area contributed by atoms with Crippen LogP contribution < -0.4 is 10.6 Å². The molecule has 0 aliphatic carbocycles. The van der Waals surface area contributed by atoms with E-state index in [1.807, 2.05) is 0 Å². The Kier molecular flexibility index (Phi) is 5.80. The van der Waals surface area contributed by atoms with Crippen molar-refractivity contribution in [3.63, 3.8) is 0 Å². The van der Waals surface area contributed by atoms with Gasteiger partial charge in [0.25, 0.3) is 5.91 Å². The van der Waals surface area contributed by atoms with Crippen molar-refractivity contribution in [1.82, 2.24) is 5.32 Å². The summed E-state index contributed by atoms with van der Waals surface area (Å²) >= 11 is 0. The fourth-order valence-corrected chi connectivity index (χ4v) is 2.16. The third-order valence-corrected chi connectivity index (χ3v) is 3.53. The Morgan fingerprint density at radius 1 is 0.920 bits per heavy atom. The van der Waals surface area contributed by atoms with Crippen molar-refractivity contribution < 1.29 is 22.8 Å². The Bertz CT molecular complexity index is 776. The monoisotopic (exact) mass is 350 g/mol. The van der Waals surface area contributed by atoms with Crippen LogP contribution in [0.5, 0.6) is 0 Å². The summed E-state index contributed by atoms with van der Waals surface area (Å²) in [6, 6.07) is 6.65. The summed E-state index contributed by atoms with van der Waals surface area (Å²) in [6.45, 7) is 3.41. The summed E-state index contributed by atoms with van der Waals surface area (Å²) in [5.41, 5.74) is 0.000828. The molecule has 0 radical (unpaired) electrons. The molecule has 4 nitrogen and oxygen atoms in total. The topological polar surface area (TPSA) is 58.2 Å². The Balaban J connectivity index is 2.12. The molecular weight excluding hydrogens is 333 g/mol. The van der Waals surface area contributed by atoms with Crippen LogP contribution in [-0.2, 0) is 4.79 Å². The van der Waals surface area contributed by atoms with Gasteiger partial charge < -0.3 is 10.6 Å². The fraction of sp³-hybridized carbons (Fsp3) is 0.222. The second-order valence-corrected chi connectivity index (χ2v) is 5.82. The van der Waals surface area contributed by atoms with E-state index < -0.39 is 35.3 Å². The smallest absolute Gasteiger partial charge is 0.251 e. The summed E-state index contributed by atoms with van der Waals surface area (Å²) in [5.74, 6) is -3.67. The van der Waals surface area contributed by atoms with Gasteiger partial charge in [-0.25, -0.2) is 13.2 Å². The Hall–Kier alpha value is -2.83. The van der Waals surface area contributed by atoms with Crippen LogP contribution in [-0.4, -0.2) is 17.9 Å². The van der Waals surface area contributed by atoms with Crippen molar-refractivity contribution in [2.75, 3.05) is 5.32 Å². The molecule has 0 aromatic heterocycles. The number of nitrogens with one attached hydrogen (secondary N) is 2. The predicted molar refractivity (Wildman–Crippen MR) is 87.5 cm³/mol. The van der Waals surface area contributed by atoms with E-state index in [1.54, 1.807) is 13.8 Å². The van der Waals surface area contributed by atoms with Crippen molar-refractivity contribution in [2.24, 2.45) is 5.92 Å². The maximum absolute atomic E-state index is 13.7. The lowest BCUT2D eigenvalue weighted by atomic mass is 10.0. The third kappa shape index (κ3) is 4.82. The molecule has 0 unspecified atom stereocenters. The van der Waals surface area contributed by atoms with Crippen LogP contribution in [0.25, 0.3) is 0 Å². The molecule has 0 spiro atoms. The highest BCUT2D eigenvalue weighted by Crippen LogP contribution is 2.16. The summed E-state index contributed by atoms with van der Waals surface area (Å²) in [7, 11) is 0. The molecule has 0 saturated carbocycles. The highest BCUT2D eigenvalue weighted by molar-refractivity contribution is 6.01. The molecule has 2 N–H and O–H groups in total. The Labute approximate surface area is 143 Å². The van der Waals surface area contributed by atoms with E-state index in [-0.39, 0.29) is 17.2 Å². The molecular formula is C18H17F3N2O2. The first-order valence-electron chi connectivity index (χ1n) is 7.60. The molecule has 132 valence electrons. The largest absolute Gasteiger partial charge is 0.340 e. The number of benzene rings is 2. The highest BCUT2D eigenvalue weighted by atomic mass is 19.1. The lowest BCUT2D eigenvalue weighted by molar-refractivity contribution is -0.118. The molecule has 2 amide bonds. The fourth-order valence-electron chi connectivity index (χ4n) is 2.16. The quantitative estimate of drug-likeness (QED) is 0.867. The van der Waals surface area contributed by atoms with Crippen molar-refractivity contribution in [1.29, 1.82) is 0 Å². The molecule has 0 fully saturated rings. The molecule has 2 aromatic carbocycles. The molecule has 0 aliphatic rings. The number of hydrogen-bond donors (Lipinski definition) is 2. The predicted octanol–water partition coefficient (Wildman–Crippen LogP) is 3.50. The van der Waals surface area contributed by atoms with E-state index in [4.69, 9.17) is 0 Å². The lowest BCUT2D eigenvalue weighted by Crippen LogP contribution is -2.47. The lowest BCUT2D eigenvalue weighted by Gasteiger charge is -2.22. The van der Waals surface area contributed by atoms with Gasteiger partial charge >= 0.3 is 0 Å². The van der Waals surface area contributed by atoms with Gasteiger partial charge in [-0.2, -0.15) is 0 Å². The van der Waals surface area contributed by atoms with Gasteiger partial charge in [-0.1, -0.05) is 13.8 Å². The van der Waals surface area contributed by atoms with Gasteiger partial charge in [-0.05, 0) is 42.3 Å². The first-order chi connectivity index (χ1) is 11.8. The van der Waals surface area contributed by atoms with Crippen molar-refractivity contribution >= 4 is 17.5 Å². The maximum Gasteiger partial charge on any atom is 0.251 e. The number of hydrogen-bond acceptors (Lipinski definition) is 2. The van der Waals surface area contributed by atoms with Gasteiger partial charge in [0.1, 0.15) is 23.5 Å². The van der Waals surface area contributed by atoms with Crippen LogP contribution in [0, 0.1) is 23.4 Å². The van der Waals surface area contributed by atoms with Crippen LogP contribution in [0.1, 0.15) is 24.2 Å². The van der Waals surface area contributed by atoms with Gasteiger partial charge in [0.15, 0.2) is 0 Å². The van der Waals surface area contributed by atoms with E-state index in [2.05, 4.69) is 10.6 Å². The van der Waals surface area contributed by atoms with Crippen molar-refractivity contribution in [3.8, 4) is 0 Å².